The lowest BCUT2D eigenvalue weighted by molar-refractivity contribution is 0.0899. The minimum atomic E-state index is -0.639. The maximum atomic E-state index is 12.8. The number of hydrogen-bond acceptors (Lipinski definition) is 3. The Hall–Kier alpha value is -1.00. The second kappa shape index (κ2) is 5.97. The van der Waals surface area contributed by atoms with Gasteiger partial charge in [0.05, 0.1) is 18.0 Å². The lowest BCUT2D eigenvalue weighted by Gasteiger charge is -2.24. The topological polar surface area (TPSA) is 36.4 Å². The van der Waals surface area contributed by atoms with Crippen LogP contribution in [0.2, 0.25) is 0 Å². The molecule has 1 fully saturated rings. The molecule has 1 saturated carbocycles. The SMILES string of the molecule is CC1CC1CN(C)CC(C)C(O)c1ccc(F)cn1. The summed E-state index contributed by atoms with van der Waals surface area (Å²) < 4.78 is 12.8. The van der Waals surface area contributed by atoms with E-state index in [4.69, 9.17) is 0 Å². The van der Waals surface area contributed by atoms with E-state index >= 15 is 0 Å². The molecule has 1 aromatic rings. The van der Waals surface area contributed by atoms with Gasteiger partial charge in [0.25, 0.3) is 0 Å². The fourth-order valence-electron chi connectivity index (χ4n) is 2.57. The van der Waals surface area contributed by atoms with Gasteiger partial charge in [-0.05, 0) is 37.4 Å². The van der Waals surface area contributed by atoms with E-state index in [2.05, 4.69) is 23.9 Å². The molecule has 4 unspecified atom stereocenters. The van der Waals surface area contributed by atoms with Crippen LogP contribution in [0.15, 0.2) is 18.3 Å². The Morgan fingerprint density at radius 3 is 2.74 bits per heavy atom. The third-order valence-corrected chi connectivity index (χ3v) is 4.01. The van der Waals surface area contributed by atoms with E-state index in [9.17, 15) is 9.50 Å². The van der Waals surface area contributed by atoms with Gasteiger partial charge in [0, 0.05) is 19.0 Å². The summed E-state index contributed by atoms with van der Waals surface area (Å²) in [7, 11) is 2.09. The van der Waals surface area contributed by atoms with Gasteiger partial charge in [-0.2, -0.15) is 0 Å². The van der Waals surface area contributed by atoms with Gasteiger partial charge < -0.3 is 10.0 Å². The first-order valence-electron chi connectivity index (χ1n) is 6.95. The highest BCUT2D eigenvalue weighted by Crippen LogP contribution is 2.38. The molecule has 106 valence electrons. The zero-order chi connectivity index (χ0) is 14.0. The molecule has 3 nitrogen and oxygen atoms in total. The van der Waals surface area contributed by atoms with Crippen molar-refractivity contribution in [1.29, 1.82) is 0 Å². The molecule has 0 aromatic carbocycles. The average molecular weight is 266 g/mol. The molecule has 1 aromatic heterocycles. The van der Waals surface area contributed by atoms with Crippen molar-refractivity contribution in [3.05, 3.63) is 29.8 Å². The Kier molecular flexibility index (Phi) is 4.53. The van der Waals surface area contributed by atoms with Crippen molar-refractivity contribution >= 4 is 0 Å². The van der Waals surface area contributed by atoms with Gasteiger partial charge in [-0.15, -0.1) is 0 Å². The normalized spacial score (nSPS) is 25.4. The van der Waals surface area contributed by atoms with E-state index < -0.39 is 6.10 Å². The molecule has 0 saturated heterocycles. The van der Waals surface area contributed by atoms with Crippen LogP contribution < -0.4 is 0 Å². The van der Waals surface area contributed by atoms with E-state index in [1.165, 1.54) is 12.5 Å². The molecule has 1 heterocycles. The van der Waals surface area contributed by atoms with Gasteiger partial charge in [0.15, 0.2) is 0 Å². The van der Waals surface area contributed by atoms with E-state index in [0.717, 1.165) is 31.1 Å². The van der Waals surface area contributed by atoms with Crippen molar-refractivity contribution in [2.75, 3.05) is 20.1 Å². The molecule has 0 radical (unpaired) electrons. The number of rotatable bonds is 6. The largest absolute Gasteiger partial charge is 0.386 e. The highest BCUT2D eigenvalue weighted by molar-refractivity contribution is 5.08. The maximum absolute atomic E-state index is 12.8. The Bertz CT molecular complexity index is 409. The zero-order valence-electron chi connectivity index (χ0n) is 11.9. The number of hydrogen-bond donors (Lipinski definition) is 1. The second-order valence-electron chi connectivity index (χ2n) is 6.02. The Morgan fingerprint density at radius 1 is 1.53 bits per heavy atom. The van der Waals surface area contributed by atoms with Crippen molar-refractivity contribution in [2.24, 2.45) is 17.8 Å². The van der Waals surface area contributed by atoms with Crippen LogP contribution in [0.1, 0.15) is 32.1 Å². The molecule has 1 N–H and O–H groups in total. The second-order valence-corrected chi connectivity index (χ2v) is 6.02. The summed E-state index contributed by atoms with van der Waals surface area (Å²) in [5, 5.41) is 10.2. The summed E-state index contributed by atoms with van der Waals surface area (Å²) in [5.41, 5.74) is 0.544. The lowest BCUT2D eigenvalue weighted by atomic mass is 10.0. The molecular weight excluding hydrogens is 243 g/mol. The van der Waals surface area contributed by atoms with Crippen LogP contribution in [0.25, 0.3) is 0 Å². The van der Waals surface area contributed by atoms with Crippen molar-refractivity contribution < 1.29 is 9.50 Å². The Morgan fingerprint density at radius 2 is 2.21 bits per heavy atom. The monoisotopic (exact) mass is 266 g/mol. The summed E-state index contributed by atoms with van der Waals surface area (Å²) in [6.07, 6.45) is 1.83. The number of nitrogens with zero attached hydrogens (tertiary/aromatic N) is 2. The first-order valence-corrected chi connectivity index (χ1v) is 6.95. The fourth-order valence-corrected chi connectivity index (χ4v) is 2.57. The predicted octanol–water partition coefficient (Wildman–Crippen LogP) is 2.48. The summed E-state index contributed by atoms with van der Waals surface area (Å²) in [4.78, 5) is 6.22. The van der Waals surface area contributed by atoms with Gasteiger partial charge in [-0.3, -0.25) is 4.98 Å². The third kappa shape index (κ3) is 3.98. The Balaban J connectivity index is 1.84. The van der Waals surface area contributed by atoms with Gasteiger partial charge in [-0.1, -0.05) is 13.8 Å². The van der Waals surface area contributed by atoms with Crippen LogP contribution >= 0.6 is 0 Å². The van der Waals surface area contributed by atoms with E-state index in [-0.39, 0.29) is 11.7 Å². The smallest absolute Gasteiger partial charge is 0.141 e. The molecule has 0 bridgehead atoms. The average Bonchev–Trinajstić information content (AvgIpc) is 3.04. The Labute approximate surface area is 114 Å². The standard InChI is InChI=1S/C15H23FN2O/c1-10-6-12(10)9-18(3)8-11(2)15(19)14-5-4-13(16)7-17-14/h4-5,7,10-12,15,19H,6,8-9H2,1-3H3. The van der Waals surface area contributed by atoms with Gasteiger partial charge in [0.1, 0.15) is 5.82 Å². The predicted molar refractivity (Wildman–Crippen MR) is 73.1 cm³/mol. The van der Waals surface area contributed by atoms with Crippen molar-refractivity contribution in [2.45, 2.75) is 26.4 Å². The van der Waals surface area contributed by atoms with Gasteiger partial charge in [0.2, 0.25) is 0 Å². The first kappa shape index (κ1) is 14.4. The maximum Gasteiger partial charge on any atom is 0.141 e. The summed E-state index contributed by atoms with van der Waals surface area (Å²) >= 11 is 0. The summed E-state index contributed by atoms with van der Waals surface area (Å²) in [6.45, 7) is 6.19. The molecule has 0 spiro atoms. The van der Waals surface area contributed by atoms with Crippen molar-refractivity contribution in [1.82, 2.24) is 9.88 Å². The summed E-state index contributed by atoms with van der Waals surface area (Å²) in [6, 6.07) is 2.90. The molecule has 4 atom stereocenters. The van der Waals surface area contributed by atoms with E-state index in [1.807, 2.05) is 6.92 Å². The van der Waals surface area contributed by atoms with Crippen LogP contribution in [0.5, 0.6) is 0 Å². The third-order valence-electron chi connectivity index (χ3n) is 4.01. The van der Waals surface area contributed by atoms with Crippen LogP contribution in [0.3, 0.4) is 0 Å². The highest BCUT2D eigenvalue weighted by atomic mass is 19.1. The molecule has 19 heavy (non-hydrogen) atoms. The van der Waals surface area contributed by atoms with Crippen LogP contribution in [-0.4, -0.2) is 35.1 Å². The number of aliphatic hydroxyl groups excluding tert-OH is 1. The summed E-state index contributed by atoms with van der Waals surface area (Å²) in [5.74, 6) is 1.38. The molecule has 4 heteroatoms. The minimum Gasteiger partial charge on any atom is -0.386 e. The number of aliphatic hydroxyl groups is 1. The molecular formula is C15H23FN2O. The van der Waals surface area contributed by atoms with Crippen LogP contribution in [0, 0.1) is 23.6 Å². The lowest BCUT2D eigenvalue weighted by Crippen LogP contribution is -2.29. The number of aromatic nitrogens is 1. The molecule has 0 amide bonds. The van der Waals surface area contributed by atoms with E-state index in [0.29, 0.717) is 5.69 Å². The van der Waals surface area contributed by atoms with E-state index in [1.54, 1.807) is 6.07 Å². The fraction of sp³-hybridized carbons (Fsp3) is 0.667. The number of halogens is 1. The van der Waals surface area contributed by atoms with Gasteiger partial charge in [-0.25, -0.2) is 4.39 Å². The molecule has 1 aliphatic rings. The van der Waals surface area contributed by atoms with Crippen LogP contribution in [-0.2, 0) is 0 Å². The zero-order valence-corrected chi connectivity index (χ0v) is 11.9. The van der Waals surface area contributed by atoms with Crippen molar-refractivity contribution in [3.63, 3.8) is 0 Å². The minimum absolute atomic E-state index is 0.0806. The van der Waals surface area contributed by atoms with Gasteiger partial charge >= 0.3 is 0 Å². The highest BCUT2D eigenvalue weighted by Gasteiger charge is 2.33. The molecule has 2 rings (SSSR count). The number of pyridine rings is 1. The quantitative estimate of drug-likeness (QED) is 0.859. The van der Waals surface area contributed by atoms with Crippen molar-refractivity contribution in [3.8, 4) is 0 Å². The molecule has 1 aliphatic carbocycles. The van der Waals surface area contributed by atoms with Crippen LogP contribution in [0.4, 0.5) is 4.39 Å². The first-order chi connectivity index (χ1) is 8.97. The molecule has 0 aliphatic heterocycles.